The lowest BCUT2D eigenvalue weighted by Crippen LogP contribution is -2.46. The predicted octanol–water partition coefficient (Wildman–Crippen LogP) is 2.86. The van der Waals surface area contributed by atoms with Crippen LogP contribution in [0.3, 0.4) is 0 Å². The van der Waals surface area contributed by atoms with Crippen molar-refractivity contribution in [3.05, 3.63) is 35.6 Å². The van der Waals surface area contributed by atoms with Gasteiger partial charge in [-0.05, 0) is 51.0 Å². The number of amides is 2. The first-order chi connectivity index (χ1) is 11.5. The van der Waals surface area contributed by atoms with Crippen molar-refractivity contribution >= 4 is 11.8 Å². The topological polar surface area (TPSA) is 58.6 Å². The summed E-state index contributed by atoms with van der Waals surface area (Å²) >= 11 is 0. The molecule has 0 saturated carbocycles. The van der Waals surface area contributed by atoms with E-state index in [9.17, 15) is 14.0 Å². The number of ether oxygens (including phenoxy) is 1. The van der Waals surface area contributed by atoms with Crippen LogP contribution in [-0.4, -0.2) is 49.1 Å². The van der Waals surface area contributed by atoms with Crippen LogP contribution >= 0.6 is 0 Å². The highest BCUT2D eigenvalue weighted by Gasteiger charge is 2.27. The maximum absolute atomic E-state index is 12.9. The standard InChI is InChI=1S/C18H25FN2O3/c1-13(2)24-12-9-20-18(23)21-10-7-15(8-11-21)17(22)14-3-5-16(19)6-4-14/h3-6,13,15H,7-12H2,1-2H3,(H,20,23). The summed E-state index contributed by atoms with van der Waals surface area (Å²) in [6, 6.07) is 5.52. The summed E-state index contributed by atoms with van der Waals surface area (Å²) < 4.78 is 18.3. The van der Waals surface area contributed by atoms with E-state index in [4.69, 9.17) is 4.74 Å². The highest BCUT2D eigenvalue weighted by molar-refractivity contribution is 5.98. The predicted molar refractivity (Wildman–Crippen MR) is 89.5 cm³/mol. The van der Waals surface area contributed by atoms with Crippen LogP contribution < -0.4 is 5.32 Å². The van der Waals surface area contributed by atoms with E-state index in [0.29, 0.717) is 44.6 Å². The Kier molecular flexibility index (Phi) is 6.73. The van der Waals surface area contributed by atoms with Gasteiger partial charge >= 0.3 is 6.03 Å². The van der Waals surface area contributed by atoms with E-state index in [0.717, 1.165) is 0 Å². The molecule has 1 aromatic carbocycles. The first-order valence-corrected chi connectivity index (χ1v) is 8.41. The van der Waals surface area contributed by atoms with Gasteiger partial charge in [0.15, 0.2) is 5.78 Å². The number of hydrogen-bond donors (Lipinski definition) is 1. The van der Waals surface area contributed by atoms with Crippen LogP contribution in [0.15, 0.2) is 24.3 Å². The molecule has 5 nitrogen and oxygen atoms in total. The molecule has 2 rings (SSSR count). The minimum atomic E-state index is -0.348. The van der Waals surface area contributed by atoms with E-state index in [2.05, 4.69) is 5.32 Å². The van der Waals surface area contributed by atoms with Gasteiger partial charge in [0.25, 0.3) is 0 Å². The summed E-state index contributed by atoms with van der Waals surface area (Å²) in [6.45, 7) is 5.97. The smallest absolute Gasteiger partial charge is 0.317 e. The van der Waals surface area contributed by atoms with Gasteiger partial charge in [0, 0.05) is 31.1 Å². The van der Waals surface area contributed by atoms with Crippen molar-refractivity contribution in [2.24, 2.45) is 5.92 Å². The van der Waals surface area contributed by atoms with E-state index < -0.39 is 0 Å². The van der Waals surface area contributed by atoms with E-state index >= 15 is 0 Å². The Morgan fingerprint density at radius 1 is 1.25 bits per heavy atom. The molecule has 0 bridgehead atoms. The van der Waals surface area contributed by atoms with E-state index in [1.165, 1.54) is 24.3 Å². The molecule has 0 aliphatic carbocycles. The third-order valence-electron chi connectivity index (χ3n) is 4.11. The van der Waals surface area contributed by atoms with E-state index in [1.807, 2.05) is 13.8 Å². The lowest BCUT2D eigenvalue weighted by atomic mass is 9.89. The van der Waals surface area contributed by atoms with Gasteiger partial charge in [-0.15, -0.1) is 0 Å². The summed E-state index contributed by atoms with van der Waals surface area (Å²) in [5.74, 6) is -0.427. The van der Waals surface area contributed by atoms with Crippen LogP contribution in [0.25, 0.3) is 0 Å². The van der Waals surface area contributed by atoms with Crippen molar-refractivity contribution in [2.75, 3.05) is 26.2 Å². The molecule has 0 radical (unpaired) electrons. The number of nitrogens with zero attached hydrogens (tertiary/aromatic N) is 1. The summed E-state index contributed by atoms with van der Waals surface area (Å²) in [6.07, 6.45) is 1.41. The summed E-state index contributed by atoms with van der Waals surface area (Å²) in [5.41, 5.74) is 0.533. The molecular formula is C18H25FN2O3. The SMILES string of the molecule is CC(C)OCCNC(=O)N1CCC(C(=O)c2ccc(F)cc2)CC1. The first kappa shape index (κ1) is 18.4. The average Bonchev–Trinajstić information content (AvgIpc) is 2.58. The van der Waals surface area contributed by atoms with Crippen molar-refractivity contribution in [3.8, 4) is 0 Å². The molecule has 1 aliphatic rings. The van der Waals surface area contributed by atoms with Crippen molar-refractivity contribution in [1.29, 1.82) is 0 Å². The number of benzene rings is 1. The molecule has 0 aromatic heterocycles. The zero-order chi connectivity index (χ0) is 17.5. The third-order valence-corrected chi connectivity index (χ3v) is 4.11. The van der Waals surface area contributed by atoms with Crippen molar-refractivity contribution < 1.29 is 18.7 Å². The Morgan fingerprint density at radius 3 is 2.46 bits per heavy atom. The van der Waals surface area contributed by atoms with Crippen LogP contribution in [0.2, 0.25) is 0 Å². The third kappa shape index (κ3) is 5.30. The Morgan fingerprint density at radius 2 is 1.88 bits per heavy atom. The first-order valence-electron chi connectivity index (χ1n) is 8.41. The maximum atomic E-state index is 12.9. The number of hydrogen-bond acceptors (Lipinski definition) is 3. The summed E-state index contributed by atoms with van der Waals surface area (Å²) in [7, 11) is 0. The summed E-state index contributed by atoms with van der Waals surface area (Å²) in [4.78, 5) is 26.2. The number of urea groups is 1. The minimum Gasteiger partial charge on any atom is -0.377 e. The number of piperidine rings is 1. The molecular weight excluding hydrogens is 311 g/mol. The number of halogens is 1. The molecule has 1 N–H and O–H groups in total. The Balaban J connectivity index is 1.75. The molecule has 24 heavy (non-hydrogen) atoms. The number of carbonyl (C=O) groups is 2. The van der Waals surface area contributed by atoms with Gasteiger partial charge in [0.05, 0.1) is 12.7 Å². The van der Waals surface area contributed by atoms with Gasteiger partial charge < -0.3 is 15.0 Å². The maximum Gasteiger partial charge on any atom is 0.317 e. The number of ketones is 1. The lowest BCUT2D eigenvalue weighted by Gasteiger charge is -2.31. The van der Waals surface area contributed by atoms with Crippen molar-refractivity contribution in [1.82, 2.24) is 10.2 Å². The molecule has 1 heterocycles. The molecule has 132 valence electrons. The quantitative estimate of drug-likeness (QED) is 0.642. The van der Waals surface area contributed by atoms with Crippen molar-refractivity contribution in [3.63, 3.8) is 0 Å². The largest absolute Gasteiger partial charge is 0.377 e. The number of nitrogens with one attached hydrogen (secondary N) is 1. The lowest BCUT2D eigenvalue weighted by molar-refractivity contribution is 0.0790. The van der Waals surface area contributed by atoms with Gasteiger partial charge in [-0.1, -0.05) is 0 Å². The minimum absolute atomic E-state index is 0.0281. The normalized spacial score (nSPS) is 15.6. The molecule has 2 amide bonds. The fourth-order valence-electron chi connectivity index (χ4n) is 2.76. The van der Waals surface area contributed by atoms with Crippen molar-refractivity contribution in [2.45, 2.75) is 32.8 Å². The second-order valence-electron chi connectivity index (χ2n) is 6.28. The van der Waals surface area contributed by atoms with Crippen LogP contribution in [0.4, 0.5) is 9.18 Å². The highest BCUT2D eigenvalue weighted by Crippen LogP contribution is 2.22. The number of Topliss-reactive ketones (excluding diaryl/α,β-unsaturated/α-hetero) is 1. The second kappa shape index (κ2) is 8.78. The van der Waals surface area contributed by atoms with Gasteiger partial charge in [-0.3, -0.25) is 4.79 Å². The zero-order valence-electron chi connectivity index (χ0n) is 14.3. The second-order valence-corrected chi connectivity index (χ2v) is 6.28. The molecule has 1 fully saturated rings. The average molecular weight is 336 g/mol. The Labute approximate surface area is 142 Å². The van der Waals surface area contributed by atoms with Gasteiger partial charge in [0.1, 0.15) is 5.82 Å². The zero-order valence-corrected chi connectivity index (χ0v) is 14.3. The summed E-state index contributed by atoms with van der Waals surface area (Å²) in [5, 5.41) is 2.83. The molecule has 1 saturated heterocycles. The van der Waals surface area contributed by atoms with Crippen LogP contribution in [-0.2, 0) is 4.74 Å². The molecule has 0 unspecified atom stereocenters. The Bertz CT molecular complexity index is 552. The Hall–Kier alpha value is -1.95. The highest BCUT2D eigenvalue weighted by atomic mass is 19.1. The fraction of sp³-hybridized carbons (Fsp3) is 0.556. The van der Waals surface area contributed by atoms with E-state index in [1.54, 1.807) is 4.90 Å². The fourth-order valence-corrected chi connectivity index (χ4v) is 2.76. The monoisotopic (exact) mass is 336 g/mol. The molecule has 1 aromatic rings. The number of carbonyl (C=O) groups excluding carboxylic acids is 2. The van der Waals surface area contributed by atoms with Crippen LogP contribution in [0, 0.1) is 11.7 Å². The number of rotatable bonds is 6. The van der Waals surface area contributed by atoms with Gasteiger partial charge in [-0.2, -0.15) is 0 Å². The molecule has 0 spiro atoms. The van der Waals surface area contributed by atoms with Gasteiger partial charge in [0.2, 0.25) is 0 Å². The number of likely N-dealkylation sites (tertiary alicyclic amines) is 1. The van der Waals surface area contributed by atoms with Crippen LogP contribution in [0.1, 0.15) is 37.0 Å². The van der Waals surface area contributed by atoms with Gasteiger partial charge in [-0.25, -0.2) is 9.18 Å². The van der Waals surface area contributed by atoms with Crippen LogP contribution in [0.5, 0.6) is 0 Å². The molecule has 1 aliphatic heterocycles. The molecule has 0 atom stereocenters. The van der Waals surface area contributed by atoms with E-state index in [-0.39, 0.29) is 29.7 Å². The molecule has 6 heteroatoms.